The van der Waals surface area contributed by atoms with Crippen LogP contribution in [0.1, 0.15) is 54.4 Å². The number of primary amides is 1. The van der Waals surface area contributed by atoms with Crippen LogP contribution in [0.3, 0.4) is 0 Å². The second-order valence-electron chi connectivity index (χ2n) is 7.25. The lowest BCUT2D eigenvalue weighted by atomic mass is 9.82. The van der Waals surface area contributed by atoms with Gasteiger partial charge in [-0.15, -0.1) is 0 Å². The number of benzene rings is 1. The molecule has 7 nitrogen and oxygen atoms in total. The SMILES string of the molecule is NC(=O)c1ccc(CN2C[C@@H](O)C[C@@H]2C2CCCCC2)c([N+](=O)[O-])c1. The third-order valence-electron chi connectivity index (χ3n) is 5.56. The zero-order valence-corrected chi connectivity index (χ0v) is 14.3. The number of carbonyl (C=O) groups is 1. The maximum atomic E-state index is 11.4. The van der Waals surface area contributed by atoms with E-state index < -0.39 is 10.8 Å². The lowest BCUT2D eigenvalue weighted by Gasteiger charge is -2.33. The minimum atomic E-state index is -0.675. The Morgan fingerprint density at radius 3 is 2.68 bits per heavy atom. The first-order valence-corrected chi connectivity index (χ1v) is 8.95. The van der Waals surface area contributed by atoms with Crippen LogP contribution in [-0.4, -0.2) is 39.5 Å². The molecule has 7 heteroatoms. The summed E-state index contributed by atoms with van der Waals surface area (Å²) in [6.07, 6.45) is 6.39. The van der Waals surface area contributed by atoms with Crippen molar-refractivity contribution in [1.82, 2.24) is 4.90 Å². The number of likely N-dealkylation sites (tertiary alicyclic amines) is 1. The number of nitrogens with zero attached hydrogens (tertiary/aromatic N) is 2. The van der Waals surface area contributed by atoms with Gasteiger partial charge in [-0.3, -0.25) is 19.8 Å². The number of nitro benzene ring substituents is 1. The predicted molar refractivity (Wildman–Crippen MR) is 93.0 cm³/mol. The molecule has 0 unspecified atom stereocenters. The highest BCUT2D eigenvalue weighted by Crippen LogP contribution is 2.36. The van der Waals surface area contributed by atoms with E-state index in [0.29, 0.717) is 24.6 Å². The van der Waals surface area contributed by atoms with Gasteiger partial charge in [0, 0.05) is 36.3 Å². The van der Waals surface area contributed by atoms with E-state index in [1.807, 2.05) is 0 Å². The summed E-state index contributed by atoms with van der Waals surface area (Å²) in [4.78, 5) is 24.4. The molecule has 1 heterocycles. The van der Waals surface area contributed by atoms with Crippen LogP contribution in [0, 0.1) is 16.0 Å². The molecule has 1 aromatic rings. The molecule has 25 heavy (non-hydrogen) atoms. The number of aliphatic hydroxyl groups is 1. The molecular formula is C18H25N3O4. The summed E-state index contributed by atoms with van der Waals surface area (Å²) in [6.45, 7) is 0.948. The van der Waals surface area contributed by atoms with E-state index >= 15 is 0 Å². The number of nitro groups is 1. The van der Waals surface area contributed by atoms with Crippen molar-refractivity contribution < 1.29 is 14.8 Å². The largest absolute Gasteiger partial charge is 0.392 e. The molecule has 2 fully saturated rings. The molecule has 1 amide bonds. The molecule has 3 N–H and O–H groups in total. The van der Waals surface area contributed by atoms with Crippen LogP contribution < -0.4 is 5.73 Å². The van der Waals surface area contributed by atoms with Gasteiger partial charge in [0.25, 0.3) is 5.69 Å². The van der Waals surface area contributed by atoms with Gasteiger partial charge in [-0.05, 0) is 31.2 Å². The number of hydrogen-bond donors (Lipinski definition) is 2. The van der Waals surface area contributed by atoms with Gasteiger partial charge >= 0.3 is 0 Å². The van der Waals surface area contributed by atoms with Crippen molar-refractivity contribution in [2.45, 2.75) is 57.2 Å². The first-order valence-electron chi connectivity index (χ1n) is 8.95. The Hall–Kier alpha value is -1.99. The normalized spacial score (nSPS) is 25.2. The highest BCUT2D eigenvalue weighted by atomic mass is 16.6. The summed E-state index contributed by atoms with van der Waals surface area (Å²) in [6, 6.07) is 4.67. The number of nitrogens with two attached hydrogens (primary N) is 1. The molecule has 1 saturated heterocycles. The maximum Gasteiger partial charge on any atom is 0.274 e. The van der Waals surface area contributed by atoms with E-state index in [0.717, 1.165) is 19.3 Å². The van der Waals surface area contributed by atoms with E-state index in [2.05, 4.69) is 4.90 Å². The molecule has 0 bridgehead atoms. The molecule has 3 rings (SSSR count). The monoisotopic (exact) mass is 347 g/mol. The van der Waals surface area contributed by atoms with Gasteiger partial charge in [0.15, 0.2) is 0 Å². The van der Waals surface area contributed by atoms with E-state index in [4.69, 9.17) is 5.73 Å². The van der Waals surface area contributed by atoms with Crippen LogP contribution in [0.15, 0.2) is 18.2 Å². The second-order valence-corrected chi connectivity index (χ2v) is 7.25. The number of hydrogen-bond acceptors (Lipinski definition) is 5. The number of β-amino-alcohol motifs (C(OH)–C–C–N with tert-alkyl or cyclic N) is 1. The summed E-state index contributed by atoms with van der Waals surface area (Å²) in [5.74, 6) is -0.124. The molecule has 1 aliphatic carbocycles. The number of carbonyl (C=O) groups excluding carboxylic acids is 1. The molecule has 2 aliphatic rings. The molecule has 1 saturated carbocycles. The van der Waals surface area contributed by atoms with Gasteiger partial charge in [-0.25, -0.2) is 0 Å². The van der Waals surface area contributed by atoms with Crippen molar-refractivity contribution in [3.05, 3.63) is 39.4 Å². The summed E-state index contributed by atoms with van der Waals surface area (Å²) >= 11 is 0. The minimum absolute atomic E-state index is 0.0833. The molecule has 1 aromatic carbocycles. The van der Waals surface area contributed by atoms with Crippen LogP contribution in [0.4, 0.5) is 5.69 Å². The third kappa shape index (κ3) is 3.99. The van der Waals surface area contributed by atoms with Gasteiger partial charge in [0.1, 0.15) is 0 Å². The second kappa shape index (κ2) is 7.49. The Morgan fingerprint density at radius 1 is 1.32 bits per heavy atom. The third-order valence-corrected chi connectivity index (χ3v) is 5.56. The quantitative estimate of drug-likeness (QED) is 0.627. The highest BCUT2D eigenvalue weighted by Gasteiger charge is 2.37. The average Bonchev–Trinajstić information content (AvgIpc) is 2.96. The van der Waals surface area contributed by atoms with Crippen molar-refractivity contribution in [1.29, 1.82) is 0 Å². The average molecular weight is 347 g/mol. The highest BCUT2D eigenvalue weighted by molar-refractivity contribution is 5.93. The van der Waals surface area contributed by atoms with Crippen LogP contribution in [-0.2, 0) is 6.54 Å². The molecule has 136 valence electrons. The first-order chi connectivity index (χ1) is 12.0. The molecule has 1 aliphatic heterocycles. The van der Waals surface area contributed by atoms with Gasteiger partial charge in [-0.1, -0.05) is 25.3 Å². The fraction of sp³-hybridized carbons (Fsp3) is 0.611. The summed E-state index contributed by atoms with van der Waals surface area (Å²) in [5.41, 5.74) is 5.85. The summed E-state index contributed by atoms with van der Waals surface area (Å²) < 4.78 is 0. The lowest BCUT2D eigenvalue weighted by molar-refractivity contribution is -0.385. The van der Waals surface area contributed by atoms with Gasteiger partial charge < -0.3 is 10.8 Å². The minimum Gasteiger partial charge on any atom is -0.392 e. The van der Waals surface area contributed by atoms with Crippen molar-refractivity contribution in [3.8, 4) is 0 Å². The van der Waals surface area contributed by atoms with E-state index in [1.54, 1.807) is 6.07 Å². The number of amides is 1. The van der Waals surface area contributed by atoms with Crippen molar-refractivity contribution in [2.75, 3.05) is 6.54 Å². The van der Waals surface area contributed by atoms with Crippen LogP contribution in [0.25, 0.3) is 0 Å². The maximum absolute atomic E-state index is 11.4. The standard InChI is InChI=1S/C18H25N3O4/c19-18(23)13-6-7-14(17(8-13)21(24)25)10-20-11-15(22)9-16(20)12-4-2-1-3-5-12/h6-8,12,15-16,22H,1-5,9-11H2,(H2,19,23)/t15-,16+/m0/s1. The van der Waals surface area contributed by atoms with Crippen molar-refractivity contribution in [3.63, 3.8) is 0 Å². The smallest absolute Gasteiger partial charge is 0.274 e. The molecule has 2 atom stereocenters. The molecule has 0 radical (unpaired) electrons. The van der Waals surface area contributed by atoms with Crippen LogP contribution in [0.5, 0.6) is 0 Å². The predicted octanol–water partition coefficient (Wildman–Crippen LogP) is 2.21. The summed E-state index contributed by atoms with van der Waals surface area (Å²) in [7, 11) is 0. The Balaban J connectivity index is 1.82. The fourth-order valence-electron chi connectivity index (χ4n) is 4.34. The molecule has 0 spiro atoms. The zero-order valence-electron chi connectivity index (χ0n) is 14.3. The zero-order chi connectivity index (χ0) is 18.0. The topological polar surface area (TPSA) is 110 Å². The Morgan fingerprint density at radius 2 is 2.04 bits per heavy atom. The van der Waals surface area contributed by atoms with E-state index in [-0.39, 0.29) is 23.4 Å². The number of rotatable bonds is 5. The Labute approximate surface area is 147 Å². The molecule has 0 aromatic heterocycles. The Bertz CT molecular complexity index is 658. The molecular weight excluding hydrogens is 322 g/mol. The number of aliphatic hydroxyl groups excluding tert-OH is 1. The van der Waals surface area contributed by atoms with Gasteiger partial charge in [-0.2, -0.15) is 0 Å². The van der Waals surface area contributed by atoms with E-state index in [9.17, 15) is 20.0 Å². The van der Waals surface area contributed by atoms with Crippen LogP contribution in [0.2, 0.25) is 0 Å². The van der Waals surface area contributed by atoms with E-state index in [1.165, 1.54) is 31.4 Å². The lowest BCUT2D eigenvalue weighted by Crippen LogP contribution is -2.36. The fourth-order valence-corrected chi connectivity index (χ4v) is 4.34. The Kier molecular flexibility index (Phi) is 5.34. The van der Waals surface area contributed by atoms with Crippen molar-refractivity contribution >= 4 is 11.6 Å². The van der Waals surface area contributed by atoms with Gasteiger partial charge in [0.05, 0.1) is 11.0 Å². The summed E-state index contributed by atoms with van der Waals surface area (Å²) in [5, 5.41) is 21.5. The van der Waals surface area contributed by atoms with Crippen LogP contribution >= 0.6 is 0 Å². The van der Waals surface area contributed by atoms with Crippen molar-refractivity contribution in [2.24, 2.45) is 11.7 Å². The van der Waals surface area contributed by atoms with Gasteiger partial charge in [0.2, 0.25) is 5.91 Å². The first kappa shape index (κ1) is 17.8.